The summed E-state index contributed by atoms with van der Waals surface area (Å²) in [6.07, 6.45) is 3.43. The minimum absolute atomic E-state index is 0.0802. The third-order valence-corrected chi connectivity index (χ3v) is 5.41. The molecule has 2 aromatic rings. The van der Waals surface area contributed by atoms with Crippen LogP contribution in [0.15, 0.2) is 61.1 Å². The molecule has 0 aliphatic carbocycles. The first-order chi connectivity index (χ1) is 14.2. The Bertz CT molecular complexity index is 818. The monoisotopic (exact) mass is 399 g/mol. The fraction of sp³-hybridized carbons (Fsp3) is 0.391. The van der Waals surface area contributed by atoms with Gasteiger partial charge in [-0.15, -0.1) is 0 Å². The van der Waals surface area contributed by atoms with Crippen LogP contribution in [0.4, 0.5) is 4.39 Å². The summed E-state index contributed by atoms with van der Waals surface area (Å²) < 4.78 is 24.4. The van der Waals surface area contributed by atoms with Crippen LogP contribution in [0.3, 0.4) is 0 Å². The number of likely N-dealkylation sites (tertiary alicyclic amines) is 1. The Morgan fingerprint density at radius 1 is 1.07 bits per heavy atom. The van der Waals surface area contributed by atoms with Crippen molar-refractivity contribution in [3.05, 3.63) is 66.7 Å². The molecule has 4 rings (SSSR count). The molecule has 2 aliphatic heterocycles. The molecule has 0 aromatic heterocycles. The van der Waals surface area contributed by atoms with Crippen molar-refractivity contribution in [2.45, 2.75) is 25.4 Å². The largest absolute Gasteiger partial charge is 0.486 e. The molecule has 154 valence electrons. The molecule has 0 saturated carbocycles. The second kappa shape index (κ2) is 9.18. The van der Waals surface area contributed by atoms with Gasteiger partial charge < -0.3 is 9.47 Å². The van der Waals surface area contributed by atoms with Crippen molar-refractivity contribution in [1.29, 1.82) is 0 Å². The molecule has 1 fully saturated rings. The highest BCUT2D eigenvalue weighted by Gasteiger charge is 2.26. The predicted octanol–water partition coefficient (Wildman–Crippen LogP) is 4.53. The Kier molecular flexibility index (Phi) is 6.20. The van der Waals surface area contributed by atoms with Crippen molar-refractivity contribution in [2.24, 2.45) is 5.92 Å². The van der Waals surface area contributed by atoms with Gasteiger partial charge in [-0.3, -0.25) is 14.7 Å². The molecule has 0 amide bonds. The normalized spacial score (nSPS) is 19.6. The fourth-order valence-electron chi connectivity index (χ4n) is 3.92. The minimum Gasteiger partial charge on any atom is -0.486 e. The van der Waals surface area contributed by atoms with Gasteiger partial charge in [0.25, 0.3) is 0 Å². The first-order valence-electron chi connectivity index (χ1n) is 10.0. The Morgan fingerprint density at radius 2 is 1.79 bits per heavy atom. The summed E-state index contributed by atoms with van der Waals surface area (Å²) in [4.78, 5) is 11.6. The van der Waals surface area contributed by atoms with E-state index in [4.69, 9.17) is 14.4 Å². The Balaban J connectivity index is 1.20. The zero-order chi connectivity index (χ0) is 20.1. The van der Waals surface area contributed by atoms with Crippen molar-refractivity contribution in [1.82, 2.24) is 4.90 Å². The van der Waals surface area contributed by atoms with Crippen molar-refractivity contribution in [3.63, 3.8) is 0 Å². The number of fused-ring (bicyclic) bond motifs is 1. The molecule has 6 heteroatoms. The molecule has 0 radical (unpaired) electrons. The van der Waals surface area contributed by atoms with Crippen LogP contribution in [0.2, 0.25) is 0 Å². The van der Waals surface area contributed by atoms with Crippen LogP contribution < -0.4 is 14.4 Å². The van der Waals surface area contributed by atoms with Gasteiger partial charge in [-0.1, -0.05) is 24.3 Å². The van der Waals surface area contributed by atoms with Gasteiger partial charge in [-0.25, -0.2) is 0 Å². The lowest BCUT2D eigenvalue weighted by Crippen LogP contribution is -2.44. The van der Waals surface area contributed by atoms with E-state index in [-0.39, 0.29) is 6.10 Å². The van der Waals surface area contributed by atoms with E-state index in [0.717, 1.165) is 50.4 Å². The summed E-state index contributed by atoms with van der Waals surface area (Å²) in [5.74, 6) is 2.79. The zero-order valence-corrected chi connectivity index (χ0v) is 16.4. The third-order valence-electron chi connectivity index (χ3n) is 5.41. The summed E-state index contributed by atoms with van der Waals surface area (Å²) in [6, 6.07) is 14.4. The molecule has 0 spiro atoms. The summed E-state index contributed by atoms with van der Waals surface area (Å²) in [6.45, 7) is 6.62. The van der Waals surface area contributed by atoms with E-state index < -0.39 is 6.01 Å². The first-order valence-corrected chi connectivity index (χ1v) is 10.0. The van der Waals surface area contributed by atoms with Crippen molar-refractivity contribution in [2.75, 3.05) is 26.2 Å². The maximum Gasteiger partial charge on any atom is 0.317 e. The average molecular weight is 399 g/mol. The van der Waals surface area contributed by atoms with E-state index in [0.29, 0.717) is 18.3 Å². The van der Waals surface area contributed by atoms with E-state index >= 15 is 0 Å². The summed E-state index contributed by atoms with van der Waals surface area (Å²) in [5, 5.41) is 0. The van der Waals surface area contributed by atoms with Crippen molar-refractivity contribution >= 4 is 0 Å². The van der Waals surface area contributed by atoms with Crippen LogP contribution in [0.25, 0.3) is 0 Å². The molecule has 0 bridgehead atoms. The van der Waals surface area contributed by atoms with E-state index in [2.05, 4.69) is 16.4 Å². The molecule has 0 N–H and O–H groups in total. The van der Waals surface area contributed by atoms with E-state index in [1.807, 2.05) is 36.4 Å². The van der Waals surface area contributed by atoms with Gasteiger partial charge in [-0.05, 0) is 74.7 Å². The lowest BCUT2D eigenvalue weighted by atomic mass is 9.90. The molecular formula is C23H26FNO4. The number of benzene rings is 2. The molecular weight excluding hydrogens is 373 g/mol. The molecule has 5 nitrogen and oxygen atoms in total. The molecule has 1 saturated heterocycles. The van der Waals surface area contributed by atoms with Crippen LogP contribution in [0.1, 0.15) is 18.4 Å². The topological polar surface area (TPSA) is 40.2 Å². The van der Waals surface area contributed by atoms with Gasteiger partial charge in [0.1, 0.15) is 12.7 Å². The Hall–Kier alpha value is -2.73. The van der Waals surface area contributed by atoms with Crippen LogP contribution >= 0.6 is 0 Å². The van der Waals surface area contributed by atoms with Crippen LogP contribution in [0.5, 0.6) is 17.2 Å². The lowest BCUT2D eigenvalue weighted by Gasteiger charge is -2.35. The SMILES string of the molecule is C=C(F)OOc1ccc(CC2CCN(CC3COc4ccccc4O3)CC2)cc1. The van der Waals surface area contributed by atoms with Crippen molar-refractivity contribution in [3.8, 4) is 17.2 Å². The van der Waals surface area contributed by atoms with Gasteiger partial charge in [0.05, 0.1) is 0 Å². The van der Waals surface area contributed by atoms with Gasteiger partial charge in [-0.2, -0.15) is 4.39 Å². The molecule has 2 aliphatic rings. The van der Waals surface area contributed by atoms with Crippen LogP contribution in [0, 0.1) is 5.92 Å². The quantitative estimate of drug-likeness (QED) is 0.389. The maximum absolute atomic E-state index is 12.5. The molecule has 2 aromatic carbocycles. The highest BCUT2D eigenvalue weighted by molar-refractivity contribution is 5.40. The van der Waals surface area contributed by atoms with Gasteiger partial charge in [0, 0.05) is 6.54 Å². The minimum atomic E-state index is -0.963. The van der Waals surface area contributed by atoms with Gasteiger partial charge in [0.2, 0.25) is 0 Å². The van der Waals surface area contributed by atoms with Crippen LogP contribution in [-0.4, -0.2) is 37.2 Å². The smallest absolute Gasteiger partial charge is 0.317 e. The van der Waals surface area contributed by atoms with Gasteiger partial charge >= 0.3 is 6.01 Å². The summed E-state index contributed by atoms with van der Waals surface area (Å²) in [5.41, 5.74) is 1.25. The molecule has 1 atom stereocenters. The number of halogens is 1. The van der Waals surface area contributed by atoms with E-state index in [1.54, 1.807) is 12.1 Å². The fourth-order valence-corrected chi connectivity index (χ4v) is 3.92. The predicted molar refractivity (Wildman–Crippen MR) is 108 cm³/mol. The first kappa shape index (κ1) is 19.6. The number of rotatable bonds is 7. The van der Waals surface area contributed by atoms with Crippen LogP contribution in [-0.2, 0) is 11.3 Å². The Morgan fingerprint density at radius 3 is 2.52 bits per heavy atom. The second-order valence-electron chi connectivity index (χ2n) is 7.61. The maximum atomic E-state index is 12.5. The molecule has 1 unspecified atom stereocenters. The molecule has 29 heavy (non-hydrogen) atoms. The number of hydrogen-bond donors (Lipinski definition) is 0. The number of piperidine rings is 1. The highest BCUT2D eigenvalue weighted by atomic mass is 19.1. The van der Waals surface area contributed by atoms with Crippen molar-refractivity contribution < 1.29 is 23.6 Å². The number of nitrogens with zero attached hydrogens (tertiary/aromatic N) is 1. The lowest BCUT2D eigenvalue weighted by molar-refractivity contribution is -0.186. The number of para-hydroxylation sites is 2. The van der Waals surface area contributed by atoms with Gasteiger partial charge in [0.15, 0.2) is 17.2 Å². The highest BCUT2D eigenvalue weighted by Crippen LogP contribution is 2.31. The Labute approximate surface area is 170 Å². The summed E-state index contributed by atoms with van der Waals surface area (Å²) in [7, 11) is 0. The third kappa shape index (κ3) is 5.41. The average Bonchev–Trinajstić information content (AvgIpc) is 2.74. The van der Waals surface area contributed by atoms with E-state index in [9.17, 15) is 4.39 Å². The standard InChI is InChI=1S/C23H26FNO4/c1-17(24)28-29-20-8-6-18(7-9-20)14-19-10-12-25(13-11-19)15-21-16-26-22-4-2-3-5-23(22)27-21/h2-9,19,21H,1,10-16H2. The number of hydrogen-bond acceptors (Lipinski definition) is 5. The summed E-state index contributed by atoms with van der Waals surface area (Å²) >= 11 is 0. The molecule has 2 heterocycles. The van der Waals surface area contributed by atoms with E-state index in [1.165, 1.54) is 5.56 Å². The number of ether oxygens (including phenoxy) is 2. The second-order valence-corrected chi connectivity index (χ2v) is 7.61. The zero-order valence-electron chi connectivity index (χ0n) is 16.4.